The number of nitrogens with zero attached hydrogens (tertiary/aromatic N) is 1. The van der Waals surface area contributed by atoms with Gasteiger partial charge < -0.3 is 9.47 Å². The molecule has 0 atom stereocenters. The van der Waals surface area contributed by atoms with Crippen molar-refractivity contribution in [3.63, 3.8) is 0 Å². The monoisotopic (exact) mass is 443 g/mol. The molecule has 0 saturated heterocycles. The topological polar surface area (TPSA) is 48.4 Å². The first-order valence-electron chi connectivity index (χ1n) is 10.7. The van der Waals surface area contributed by atoms with Crippen LogP contribution in [-0.2, 0) is 4.74 Å². The first-order chi connectivity index (χ1) is 15.7. The molecule has 1 heterocycles. The van der Waals surface area contributed by atoms with Crippen molar-refractivity contribution in [2.75, 3.05) is 13.2 Å². The second kappa shape index (κ2) is 10.2. The fourth-order valence-electron chi connectivity index (χ4n) is 3.29. The minimum absolute atomic E-state index is 0.299. The van der Waals surface area contributed by atoms with Crippen molar-refractivity contribution in [3.8, 4) is 37.9 Å². The van der Waals surface area contributed by atoms with Crippen LogP contribution >= 0.6 is 11.3 Å². The standard InChI is InChI=1S/C27H25NO3S/c1-3-17-31-24-15-13-20(14-16-24)19-5-9-22(10-6-19)26-28-18-25(32-26)21-7-11-23(12-8-21)27(29)30-4-2/h5-16,18H,3-4,17H2,1-2H3. The highest BCUT2D eigenvalue weighted by molar-refractivity contribution is 7.18. The van der Waals surface area contributed by atoms with E-state index in [-0.39, 0.29) is 5.97 Å². The molecular formula is C27H25NO3S. The van der Waals surface area contributed by atoms with Gasteiger partial charge in [0.05, 0.1) is 23.7 Å². The number of carbonyl (C=O) groups is 1. The van der Waals surface area contributed by atoms with Crippen molar-refractivity contribution in [1.29, 1.82) is 0 Å². The van der Waals surface area contributed by atoms with Crippen molar-refractivity contribution in [1.82, 2.24) is 4.98 Å². The van der Waals surface area contributed by atoms with Crippen LogP contribution in [0.5, 0.6) is 5.75 Å². The molecule has 0 radical (unpaired) electrons. The van der Waals surface area contributed by atoms with Gasteiger partial charge in [-0.25, -0.2) is 9.78 Å². The van der Waals surface area contributed by atoms with E-state index in [0.29, 0.717) is 12.2 Å². The summed E-state index contributed by atoms with van der Waals surface area (Å²) in [4.78, 5) is 17.5. The quantitative estimate of drug-likeness (QED) is 0.272. The van der Waals surface area contributed by atoms with Gasteiger partial charge in [-0.15, -0.1) is 11.3 Å². The molecule has 4 rings (SSSR count). The number of hydrogen-bond acceptors (Lipinski definition) is 5. The predicted octanol–water partition coefficient (Wildman–Crippen LogP) is 7.11. The zero-order chi connectivity index (χ0) is 22.3. The number of benzene rings is 3. The summed E-state index contributed by atoms with van der Waals surface area (Å²) in [6.07, 6.45) is 2.88. The summed E-state index contributed by atoms with van der Waals surface area (Å²) in [6, 6.07) is 24.1. The molecule has 0 aliphatic heterocycles. The van der Waals surface area contributed by atoms with E-state index in [0.717, 1.165) is 50.9 Å². The zero-order valence-electron chi connectivity index (χ0n) is 18.2. The fraction of sp³-hybridized carbons (Fsp3) is 0.185. The Hall–Kier alpha value is -3.44. The molecule has 0 unspecified atom stereocenters. The molecule has 0 amide bonds. The Balaban J connectivity index is 1.47. The van der Waals surface area contributed by atoms with Crippen LogP contribution in [0.15, 0.2) is 79.0 Å². The van der Waals surface area contributed by atoms with Gasteiger partial charge in [0.1, 0.15) is 10.8 Å². The third-order valence-corrected chi connectivity index (χ3v) is 6.07. The van der Waals surface area contributed by atoms with Crippen molar-refractivity contribution >= 4 is 17.3 Å². The van der Waals surface area contributed by atoms with Gasteiger partial charge in [0.25, 0.3) is 0 Å². The number of rotatable bonds is 8. The van der Waals surface area contributed by atoms with Gasteiger partial charge in [-0.2, -0.15) is 0 Å². The van der Waals surface area contributed by atoms with Gasteiger partial charge in [-0.1, -0.05) is 55.5 Å². The van der Waals surface area contributed by atoms with Crippen LogP contribution < -0.4 is 4.74 Å². The lowest BCUT2D eigenvalue weighted by atomic mass is 10.0. The lowest BCUT2D eigenvalue weighted by Crippen LogP contribution is -2.03. The van der Waals surface area contributed by atoms with Crippen LogP contribution in [0, 0.1) is 0 Å². The third kappa shape index (κ3) is 5.06. The maximum Gasteiger partial charge on any atom is 0.338 e. The van der Waals surface area contributed by atoms with Gasteiger partial charge in [0, 0.05) is 11.8 Å². The summed E-state index contributed by atoms with van der Waals surface area (Å²) in [5.41, 5.74) is 4.98. The number of carbonyl (C=O) groups excluding carboxylic acids is 1. The average molecular weight is 444 g/mol. The third-order valence-electron chi connectivity index (χ3n) is 4.98. The zero-order valence-corrected chi connectivity index (χ0v) is 19.0. The summed E-state index contributed by atoms with van der Waals surface area (Å²) >= 11 is 1.63. The maximum absolute atomic E-state index is 11.8. The lowest BCUT2D eigenvalue weighted by Gasteiger charge is -2.07. The molecule has 1 aromatic heterocycles. The van der Waals surface area contributed by atoms with E-state index in [9.17, 15) is 4.79 Å². The number of aromatic nitrogens is 1. The summed E-state index contributed by atoms with van der Waals surface area (Å²) in [5.74, 6) is 0.602. The van der Waals surface area contributed by atoms with E-state index in [4.69, 9.17) is 9.47 Å². The highest BCUT2D eigenvalue weighted by atomic mass is 32.1. The second-order valence-electron chi connectivity index (χ2n) is 7.28. The number of thiazole rings is 1. The molecule has 5 heteroatoms. The molecule has 4 nitrogen and oxygen atoms in total. The van der Waals surface area contributed by atoms with Crippen molar-refractivity contribution < 1.29 is 14.3 Å². The molecule has 0 fully saturated rings. The molecule has 0 N–H and O–H groups in total. The first kappa shape index (κ1) is 21.8. The van der Waals surface area contributed by atoms with Crippen molar-refractivity contribution in [3.05, 3.63) is 84.6 Å². The van der Waals surface area contributed by atoms with Gasteiger partial charge >= 0.3 is 5.97 Å². The Morgan fingerprint density at radius 3 is 2.03 bits per heavy atom. The van der Waals surface area contributed by atoms with Crippen LogP contribution in [0.25, 0.3) is 32.1 Å². The van der Waals surface area contributed by atoms with Gasteiger partial charge in [-0.05, 0) is 54.3 Å². The van der Waals surface area contributed by atoms with Gasteiger partial charge in [0.15, 0.2) is 0 Å². The first-order valence-corrected chi connectivity index (χ1v) is 11.6. The van der Waals surface area contributed by atoms with Gasteiger partial charge in [0.2, 0.25) is 0 Å². The van der Waals surface area contributed by atoms with Crippen LogP contribution in [0.4, 0.5) is 0 Å². The highest BCUT2D eigenvalue weighted by Gasteiger charge is 2.10. The molecule has 162 valence electrons. The van der Waals surface area contributed by atoms with Gasteiger partial charge in [-0.3, -0.25) is 0 Å². The van der Waals surface area contributed by atoms with Crippen molar-refractivity contribution in [2.45, 2.75) is 20.3 Å². The van der Waals surface area contributed by atoms with Crippen LogP contribution in [-0.4, -0.2) is 24.2 Å². The molecular weight excluding hydrogens is 418 g/mol. The van der Waals surface area contributed by atoms with E-state index in [1.807, 2.05) is 30.5 Å². The fourth-order valence-corrected chi connectivity index (χ4v) is 4.22. The van der Waals surface area contributed by atoms with E-state index in [1.165, 1.54) is 0 Å². The second-order valence-corrected chi connectivity index (χ2v) is 8.31. The molecule has 3 aromatic carbocycles. The molecule has 0 aliphatic rings. The summed E-state index contributed by atoms with van der Waals surface area (Å²) in [7, 11) is 0. The lowest BCUT2D eigenvalue weighted by molar-refractivity contribution is 0.0526. The molecule has 4 aromatic rings. The van der Waals surface area contributed by atoms with E-state index < -0.39 is 0 Å². The maximum atomic E-state index is 11.8. The molecule has 0 saturated carbocycles. The van der Waals surface area contributed by atoms with E-state index in [2.05, 4.69) is 48.3 Å². The Bertz CT molecular complexity index is 1160. The Morgan fingerprint density at radius 2 is 1.41 bits per heavy atom. The Labute approximate surface area is 192 Å². The number of ether oxygens (including phenoxy) is 2. The molecule has 0 aliphatic carbocycles. The smallest absolute Gasteiger partial charge is 0.338 e. The summed E-state index contributed by atoms with van der Waals surface area (Å²) in [5, 5.41) is 0.962. The summed E-state index contributed by atoms with van der Waals surface area (Å²) in [6.45, 7) is 5.01. The summed E-state index contributed by atoms with van der Waals surface area (Å²) < 4.78 is 10.7. The van der Waals surface area contributed by atoms with E-state index in [1.54, 1.807) is 30.4 Å². The van der Waals surface area contributed by atoms with Crippen LogP contribution in [0.3, 0.4) is 0 Å². The predicted molar refractivity (Wildman–Crippen MR) is 130 cm³/mol. The van der Waals surface area contributed by atoms with E-state index >= 15 is 0 Å². The van der Waals surface area contributed by atoms with Crippen LogP contribution in [0.1, 0.15) is 30.6 Å². The average Bonchev–Trinajstić information content (AvgIpc) is 3.34. The number of hydrogen-bond donors (Lipinski definition) is 0. The minimum atomic E-state index is -0.299. The van der Waals surface area contributed by atoms with Crippen LogP contribution in [0.2, 0.25) is 0 Å². The molecule has 32 heavy (non-hydrogen) atoms. The highest BCUT2D eigenvalue weighted by Crippen LogP contribution is 2.33. The molecule has 0 bridgehead atoms. The SMILES string of the molecule is CCCOc1ccc(-c2ccc(-c3ncc(-c4ccc(C(=O)OCC)cc4)s3)cc2)cc1. The largest absolute Gasteiger partial charge is 0.494 e. The van der Waals surface area contributed by atoms with Crippen molar-refractivity contribution in [2.24, 2.45) is 0 Å². The molecule has 0 spiro atoms. The number of esters is 1. The normalized spacial score (nSPS) is 10.7. The minimum Gasteiger partial charge on any atom is -0.494 e. The Kier molecular flexibility index (Phi) is 6.97. The Morgan fingerprint density at radius 1 is 0.812 bits per heavy atom.